The van der Waals surface area contributed by atoms with Crippen molar-refractivity contribution in [3.8, 4) is 0 Å². The van der Waals surface area contributed by atoms with E-state index in [9.17, 15) is 9.59 Å². The molecule has 7 nitrogen and oxygen atoms in total. The third-order valence-corrected chi connectivity index (χ3v) is 3.47. The number of carbonyl (C=O) groups is 2. The van der Waals surface area contributed by atoms with Crippen LogP contribution in [-0.4, -0.2) is 53.2 Å². The molecule has 1 unspecified atom stereocenters. The summed E-state index contributed by atoms with van der Waals surface area (Å²) < 4.78 is 5.29. The molecular weight excluding hydrogens is 344 g/mol. The molecule has 0 aliphatic heterocycles. The van der Waals surface area contributed by atoms with E-state index in [1.165, 1.54) is 0 Å². The lowest BCUT2D eigenvalue weighted by molar-refractivity contribution is -0.117. The van der Waals surface area contributed by atoms with Crippen molar-refractivity contribution in [2.75, 3.05) is 25.0 Å². The third kappa shape index (κ3) is 10.6. The quantitative estimate of drug-likeness (QED) is 0.726. The predicted molar refractivity (Wildman–Crippen MR) is 108 cm³/mol. The molecule has 0 spiro atoms. The van der Waals surface area contributed by atoms with Gasteiger partial charge in [-0.2, -0.15) is 0 Å². The second-order valence-electron chi connectivity index (χ2n) is 8.40. The van der Waals surface area contributed by atoms with Gasteiger partial charge in [0.15, 0.2) is 0 Å². The molecule has 2 N–H and O–H groups in total. The van der Waals surface area contributed by atoms with Gasteiger partial charge in [0, 0.05) is 25.3 Å². The fraction of sp³-hybridized carbons (Fsp3) is 0.650. The van der Waals surface area contributed by atoms with Gasteiger partial charge in [0.05, 0.1) is 6.54 Å². The van der Waals surface area contributed by atoms with Gasteiger partial charge in [0.1, 0.15) is 11.4 Å². The predicted octanol–water partition coefficient (Wildman–Crippen LogP) is 3.20. The topological polar surface area (TPSA) is 83.6 Å². The van der Waals surface area contributed by atoms with Gasteiger partial charge in [-0.05, 0) is 58.2 Å². The fourth-order valence-corrected chi connectivity index (χ4v) is 2.65. The fourth-order valence-electron chi connectivity index (χ4n) is 2.65. The summed E-state index contributed by atoms with van der Waals surface area (Å²) in [6.45, 7) is 15.0. The molecule has 152 valence electrons. The molecule has 1 rings (SSSR count). The van der Waals surface area contributed by atoms with Gasteiger partial charge in [-0.1, -0.05) is 13.8 Å². The number of amides is 2. The summed E-state index contributed by atoms with van der Waals surface area (Å²) in [4.78, 5) is 30.5. The number of nitrogens with zero attached hydrogens (tertiary/aromatic N) is 2. The van der Waals surface area contributed by atoms with Gasteiger partial charge in [0.2, 0.25) is 5.91 Å². The SMILES string of the molecule is Cc1ccnc(NC(=O)CN(CC(C)C)CC(C)NC(=O)OC(C)(C)C)c1. The number of aromatic nitrogens is 1. The number of ether oxygens (including phenoxy) is 1. The Morgan fingerprint density at radius 3 is 2.44 bits per heavy atom. The monoisotopic (exact) mass is 378 g/mol. The Balaban J connectivity index is 2.61. The van der Waals surface area contributed by atoms with Crippen LogP contribution in [0.5, 0.6) is 0 Å². The van der Waals surface area contributed by atoms with Crippen molar-refractivity contribution in [1.29, 1.82) is 0 Å². The van der Waals surface area contributed by atoms with Crippen molar-refractivity contribution in [2.24, 2.45) is 5.92 Å². The highest BCUT2D eigenvalue weighted by atomic mass is 16.6. The van der Waals surface area contributed by atoms with Crippen LogP contribution >= 0.6 is 0 Å². The van der Waals surface area contributed by atoms with Crippen LogP contribution in [0.3, 0.4) is 0 Å². The van der Waals surface area contributed by atoms with E-state index in [1.54, 1.807) is 6.20 Å². The molecule has 7 heteroatoms. The van der Waals surface area contributed by atoms with Crippen molar-refractivity contribution in [3.05, 3.63) is 23.9 Å². The molecule has 0 aromatic carbocycles. The molecule has 2 amide bonds. The number of alkyl carbamates (subject to hydrolysis) is 1. The van der Waals surface area contributed by atoms with Gasteiger partial charge >= 0.3 is 6.09 Å². The zero-order valence-electron chi connectivity index (χ0n) is 17.6. The van der Waals surface area contributed by atoms with Crippen LogP contribution in [0.2, 0.25) is 0 Å². The van der Waals surface area contributed by atoms with E-state index in [1.807, 2.05) is 51.7 Å². The Hall–Kier alpha value is -2.15. The van der Waals surface area contributed by atoms with Crippen molar-refractivity contribution in [3.63, 3.8) is 0 Å². The Morgan fingerprint density at radius 1 is 1.22 bits per heavy atom. The molecule has 0 aliphatic rings. The second-order valence-corrected chi connectivity index (χ2v) is 8.40. The number of aryl methyl sites for hydroxylation is 1. The van der Waals surface area contributed by atoms with Crippen LogP contribution in [0.25, 0.3) is 0 Å². The summed E-state index contributed by atoms with van der Waals surface area (Å²) in [6.07, 6.45) is 1.22. The van der Waals surface area contributed by atoms with Crippen molar-refractivity contribution < 1.29 is 14.3 Å². The first-order valence-electron chi connectivity index (χ1n) is 9.39. The van der Waals surface area contributed by atoms with E-state index in [4.69, 9.17) is 4.74 Å². The Labute approximate surface area is 162 Å². The Kier molecular flexibility index (Phi) is 8.69. The molecule has 1 aromatic heterocycles. The maximum Gasteiger partial charge on any atom is 0.407 e. The highest BCUT2D eigenvalue weighted by molar-refractivity contribution is 5.91. The first-order chi connectivity index (χ1) is 12.4. The van der Waals surface area contributed by atoms with Crippen LogP contribution in [0.15, 0.2) is 18.3 Å². The molecule has 0 saturated heterocycles. The molecule has 1 aromatic rings. The lowest BCUT2D eigenvalue weighted by Crippen LogP contribution is -2.46. The van der Waals surface area contributed by atoms with Gasteiger partial charge in [0.25, 0.3) is 0 Å². The molecular formula is C20H34N4O3. The van der Waals surface area contributed by atoms with Crippen molar-refractivity contribution in [2.45, 2.75) is 60.1 Å². The molecule has 0 bridgehead atoms. The molecule has 1 heterocycles. The lowest BCUT2D eigenvalue weighted by atomic mass is 10.2. The Morgan fingerprint density at radius 2 is 1.89 bits per heavy atom. The summed E-state index contributed by atoms with van der Waals surface area (Å²) in [7, 11) is 0. The van der Waals surface area contributed by atoms with Gasteiger partial charge in [-0.15, -0.1) is 0 Å². The normalized spacial score (nSPS) is 12.8. The van der Waals surface area contributed by atoms with Gasteiger partial charge in [-0.25, -0.2) is 9.78 Å². The van der Waals surface area contributed by atoms with E-state index in [0.717, 1.165) is 12.1 Å². The van der Waals surface area contributed by atoms with Crippen LogP contribution in [-0.2, 0) is 9.53 Å². The smallest absolute Gasteiger partial charge is 0.407 e. The number of nitrogens with one attached hydrogen (secondary N) is 2. The van der Waals surface area contributed by atoms with E-state index < -0.39 is 11.7 Å². The zero-order valence-corrected chi connectivity index (χ0v) is 17.6. The first kappa shape index (κ1) is 22.9. The van der Waals surface area contributed by atoms with E-state index >= 15 is 0 Å². The minimum absolute atomic E-state index is 0.127. The van der Waals surface area contributed by atoms with E-state index in [0.29, 0.717) is 18.3 Å². The summed E-state index contributed by atoms with van der Waals surface area (Å²) in [5.74, 6) is 0.811. The number of rotatable bonds is 8. The molecule has 27 heavy (non-hydrogen) atoms. The number of pyridine rings is 1. The standard InChI is InChI=1S/C20H34N4O3/c1-14(2)11-24(12-16(4)22-19(26)27-20(5,6)7)13-18(25)23-17-10-15(3)8-9-21-17/h8-10,14,16H,11-13H2,1-7H3,(H,22,26)(H,21,23,25). The summed E-state index contributed by atoms with van der Waals surface area (Å²) >= 11 is 0. The largest absolute Gasteiger partial charge is 0.444 e. The summed E-state index contributed by atoms with van der Waals surface area (Å²) in [5, 5.41) is 5.65. The molecule has 1 atom stereocenters. The van der Waals surface area contributed by atoms with E-state index in [2.05, 4.69) is 29.5 Å². The highest BCUT2D eigenvalue weighted by Crippen LogP contribution is 2.08. The van der Waals surface area contributed by atoms with Crippen LogP contribution in [0, 0.1) is 12.8 Å². The third-order valence-electron chi connectivity index (χ3n) is 3.47. The first-order valence-corrected chi connectivity index (χ1v) is 9.39. The number of hydrogen-bond acceptors (Lipinski definition) is 5. The summed E-state index contributed by atoms with van der Waals surface area (Å²) in [5.41, 5.74) is 0.497. The number of carbonyl (C=O) groups excluding carboxylic acids is 2. The van der Waals surface area contributed by atoms with Crippen LogP contribution in [0.4, 0.5) is 10.6 Å². The molecule has 0 saturated carbocycles. The maximum atomic E-state index is 12.4. The average molecular weight is 379 g/mol. The number of hydrogen-bond donors (Lipinski definition) is 2. The minimum Gasteiger partial charge on any atom is -0.444 e. The van der Waals surface area contributed by atoms with Crippen molar-refractivity contribution in [1.82, 2.24) is 15.2 Å². The average Bonchev–Trinajstić information content (AvgIpc) is 2.43. The molecule has 0 fully saturated rings. The van der Waals surface area contributed by atoms with Crippen LogP contribution in [0.1, 0.15) is 47.1 Å². The second kappa shape index (κ2) is 10.3. The van der Waals surface area contributed by atoms with Crippen molar-refractivity contribution >= 4 is 17.8 Å². The number of anilines is 1. The zero-order chi connectivity index (χ0) is 20.6. The van der Waals surface area contributed by atoms with Crippen LogP contribution < -0.4 is 10.6 Å². The summed E-state index contributed by atoms with van der Waals surface area (Å²) in [6, 6.07) is 3.56. The lowest BCUT2D eigenvalue weighted by Gasteiger charge is -2.28. The van der Waals surface area contributed by atoms with E-state index in [-0.39, 0.29) is 18.5 Å². The van der Waals surface area contributed by atoms with Gasteiger partial charge in [-0.3, -0.25) is 9.69 Å². The molecule has 0 aliphatic carbocycles. The maximum absolute atomic E-state index is 12.4. The Bertz CT molecular complexity index is 626. The highest BCUT2D eigenvalue weighted by Gasteiger charge is 2.20. The molecule has 0 radical (unpaired) electrons. The van der Waals surface area contributed by atoms with Gasteiger partial charge < -0.3 is 15.4 Å². The minimum atomic E-state index is -0.540.